The van der Waals surface area contributed by atoms with E-state index in [1.54, 1.807) is 48.3 Å². The monoisotopic (exact) mass is 394 g/mol. The maximum Gasteiger partial charge on any atom is 0.257 e. The molecule has 0 aliphatic heterocycles. The normalized spacial score (nSPS) is 10.3. The van der Waals surface area contributed by atoms with Gasteiger partial charge in [0.05, 0.1) is 0 Å². The van der Waals surface area contributed by atoms with Gasteiger partial charge in [-0.1, -0.05) is 23.8 Å². The Hall–Kier alpha value is -2.99. The van der Waals surface area contributed by atoms with Gasteiger partial charge in [-0.15, -0.1) is 11.8 Å². The minimum Gasteiger partial charge on any atom is -0.484 e. The fourth-order valence-corrected chi connectivity index (χ4v) is 3.09. The molecule has 1 amide bonds. The topological polar surface area (TPSA) is 60.5 Å². The minimum absolute atomic E-state index is 0.0182. The second-order valence-electron chi connectivity index (χ2n) is 6.04. The summed E-state index contributed by atoms with van der Waals surface area (Å²) < 4.78 is 11.1. The lowest BCUT2D eigenvalue weighted by Gasteiger charge is -2.09. The number of amides is 1. The van der Waals surface area contributed by atoms with Crippen molar-refractivity contribution in [3.05, 3.63) is 78.5 Å². The van der Waals surface area contributed by atoms with Gasteiger partial charge in [-0.25, -0.2) is 4.98 Å². The molecule has 5 nitrogen and oxygen atoms in total. The number of hydrogen-bond acceptors (Lipinski definition) is 5. The Morgan fingerprint density at radius 1 is 1.00 bits per heavy atom. The smallest absolute Gasteiger partial charge is 0.257 e. The lowest BCUT2D eigenvalue weighted by atomic mass is 10.2. The van der Waals surface area contributed by atoms with Crippen LogP contribution in [0.15, 0.2) is 77.8 Å². The number of aryl methyl sites for hydroxylation is 1. The van der Waals surface area contributed by atoms with Gasteiger partial charge < -0.3 is 14.8 Å². The zero-order chi connectivity index (χ0) is 19.6. The van der Waals surface area contributed by atoms with E-state index in [0.29, 0.717) is 23.9 Å². The summed E-state index contributed by atoms with van der Waals surface area (Å²) in [5, 5.41) is 2.86. The van der Waals surface area contributed by atoms with Crippen LogP contribution in [0.5, 0.6) is 17.4 Å². The van der Waals surface area contributed by atoms with Crippen LogP contribution in [-0.4, -0.2) is 29.8 Å². The molecule has 2 aromatic carbocycles. The second-order valence-corrected chi connectivity index (χ2v) is 7.21. The van der Waals surface area contributed by atoms with Gasteiger partial charge >= 0.3 is 0 Å². The Kier molecular flexibility index (Phi) is 7.32. The number of carbonyl (C=O) groups excluding carboxylic acids is 1. The molecule has 6 heteroatoms. The van der Waals surface area contributed by atoms with Gasteiger partial charge in [0.1, 0.15) is 11.5 Å². The third-order valence-electron chi connectivity index (χ3n) is 3.77. The first-order chi connectivity index (χ1) is 13.7. The molecule has 28 heavy (non-hydrogen) atoms. The molecule has 0 atom stereocenters. The number of nitrogens with zero attached hydrogens (tertiary/aromatic N) is 1. The molecule has 0 bridgehead atoms. The summed E-state index contributed by atoms with van der Waals surface area (Å²) in [6.45, 7) is 2.64. The van der Waals surface area contributed by atoms with E-state index in [4.69, 9.17) is 9.47 Å². The maximum absolute atomic E-state index is 11.9. The van der Waals surface area contributed by atoms with Crippen LogP contribution in [0.2, 0.25) is 0 Å². The largest absolute Gasteiger partial charge is 0.484 e. The van der Waals surface area contributed by atoms with E-state index >= 15 is 0 Å². The predicted octanol–water partition coefficient (Wildman–Crippen LogP) is 4.47. The highest BCUT2D eigenvalue weighted by Gasteiger charge is 2.04. The lowest BCUT2D eigenvalue weighted by molar-refractivity contribution is -0.122. The molecule has 0 saturated carbocycles. The highest BCUT2D eigenvalue weighted by atomic mass is 32.2. The molecule has 144 valence electrons. The molecule has 1 heterocycles. The minimum atomic E-state index is -0.140. The van der Waals surface area contributed by atoms with Gasteiger partial charge in [0, 0.05) is 29.5 Å². The molecule has 0 unspecified atom stereocenters. The zero-order valence-corrected chi connectivity index (χ0v) is 16.4. The molecule has 3 rings (SSSR count). The molecule has 0 spiro atoms. The van der Waals surface area contributed by atoms with Crippen LogP contribution in [0.3, 0.4) is 0 Å². The highest BCUT2D eigenvalue weighted by molar-refractivity contribution is 7.99. The number of benzene rings is 2. The molecule has 3 aromatic rings. The fourth-order valence-electron chi connectivity index (χ4n) is 2.33. The van der Waals surface area contributed by atoms with Crippen molar-refractivity contribution in [2.75, 3.05) is 18.9 Å². The maximum atomic E-state index is 11.9. The SMILES string of the molecule is Cc1ccc(SCCNC(=O)COc2ccc(Oc3ccccn3)cc2)cc1. The Morgan fingerprint density at radius 2 is 1.75 bits per heavy atom. The van der Waals surface area contributed by atoms with Crippen LogP contribution < -0.4 is 14.8 Å². The van der Waals surface area contributed by atoms with Gasteiger partial charge in [0.15, 0.2) is 6.61 Å². The number of carbonyl (C=O) groups is 1. The highest BCUT2D eigenvalue weighted by Crippen LogP contribution is 2.22. The van der Waals surface area contributed by atoms with Crippen LogP contribution in [0, 0.1) is 6.92 Å². The predicted molar refractivity (Wildman–Crippen MR) is 111 cm³/mol. The number of ether oxygens (including phenoxy) is 2. The molecule has 0 fully saturated rings. The van der Waals surface area contributed by atoms with Crippen LogP contribution in [0.4, 0.5) is 0 Å². The number of rotatable bonds is 9. The molecule has 1 aromatic heterocycles. The van der Waals surface area contributed by atoms with Crippen molar-refractivity contribution in [2.24, 2.45) is 0 Å². The Balaban J connectivity index is 1.34. The quantitative estimate of drug-likeness (QED) is 0.429. The summed E-state index contributed by atoms with van der Waals surface area (Å²) >= 11 is 1.71. The summed E-state index contributed by atoms with van der Waals surface area (Å²) in [6.07, 6.45) is 1.67. The third-order valence-corrected chi connectivity index (χ3v) is 4.78. The number of hydrogen-bond donors (Lipinski definition) is 1. The first kappa shape index (κ1) is 19.8. The number of pyridine rings is 1. The standard InChI is InChI=1S/C22H22N2O3S/c1-17-5-11-20(12-6-17)28-15-14-23-21(25)16-26-18-7-9-19(10-8-18)27-22-4-2-3-13-24-22/h2-13H,14-16H2,1H3,(H,23,25). The van der Waals surface area contributed by atoms with Gasteiger partial charge in [-0.05, 0) is 49.4 Å². The molecule has 0 aliphatic rings. The van der Waals surface area contributed by atoms with Crippen molar-refractivity contribution >= 4 is 17.7 Å². The Labute approximate surface area is 169 Å². The van der Waals surface area contributed by atoms with E-state index in [1.807, 2.05) is 12.1 Å². The molecular weight excluding hydrogens is 372 g/mol. The van der Waals surface area contributed by atoms with E-state index in [2.05, 4.69) is 41.5 Å². The Bertz CT molecular complexity index is 869. The number of aromatic nitrogens is 1. The van der Waals surface area contributed by atoms with Crippen LogP contribution in [0.25, 0.3) is 0 Å². The van der Waals surface area contributed by atoms with Gasteiger partial charge in [-0.2, -0.15) is 0 Å². The number of thioether (sulfide) groups is 1. The van der Waals surface area contributed by atoms with Crippen molar-refractivity contribution in [2.45, 2.75) is 11.8 Å². The zero-order valence-electron chi connectivity index (χ0n) is 15.6. The van der Waals surface area contributed by atoms with Crippen molar-refractivity contribution < 1.29 is 14.3 Å². The summed E-state index contributed by atoms with van der Waals surface area (Å²) in [4.78, 5) is 17.2. The first-order valence-electron chi connectivity index (χ1n) is 8.97. The summed E-state index contributed by atoms with van der Waals surface area (Å²) in [5.74, 6) is 2.47. The van der Waals surface area contributed by atoms with E-state index in [9.17, 15) is 4.79 Å². The van der Waals surface area contributed by atoms with E-state index in [-0.39, 0.29) is 12.5 Å². The average Bonchev–Trinajstić information content (AvgIpc) is 2.73. The third kappa shape index (κ3) is 6.63. The van der Waals surface area contributed by atoms with Crippen molar-refractivity contribution in [3.63, 3.8) is 0 Å². The van der Waals surface area contributed by atoms with E-state index in [0.717, 1.165) is 5.75 Å². The Morgan fingerprint density at radius 3 is 2.46 bits per heavy atom. The van der Waals surface area contributed by atoms with Crippen molar-refractivity contribution in [3.8, 4) is 17.4 Å². The van der Waals surface area contributed by atoms with Crippen LogP contribution in [0.1, 0.15) is 5.56 Å². The molecule has 0 radical (unpaired) electrons. The molecule has 0 saturated heterocycles. The van der Waals surface area contributed by atoms with Crippen molar-refractivity contribution in [1.29, 1.82) is 0 Å². The lowest BCUT2D eigenvalue weighted by Crippen LogP contribution is -2.30. The number of nitrogens with one attached hydrogen (secondary N) is 1. The van der Waals surface area contributed by atoms with Crippen LogP contribution in [-0.2, 0) is 4.79 Å². The molecule has 1 N–H and O–H groups in total. The van der Waals surface area contributed by atoms with Crippen molar-refractivity contribution in [1.82, 2.24) is 10.3 Å². The van der Waals surface area contributed by atoms with Gasteiger partial charge in [-0.3, -0.25) is 4.79 Å². The summed E-state index contributed by atoms with van der Waals surface area (Å²) in [6, 6.07) is 20.9. The van der Waals surface area contributed by atoms with E-state index in [1.165, 1.54) is 10.5 Å². The van der Waals surface area contributed by atoms with E-state index < -0.39 is 0 Å². The molecule has 0 aliphatic carbocycles. The van der Waals surface area contributed by atoms with Gasteiger partial charge in [0.25, 0.3) is 5.91 Å². The fraction of sp³-hybridized carbons (Fsp3) is 0.182. The summed E-state index contributed by atoms with van der Waals surface area (Å²) in [7, 11) is 0. The first-order valence-corrected chi connectivity index (χ1v) is 9.95. The van der Waals surface area contributed by atoms with Gasteiger partial charge in [0.2, 0.25) is 5.88 Å². The average molecular weight is 394 g/mol. The molecular formula is C22H22N2O3S. The second kappa shape index (κ2) is 10.4. The summed E-state index contributed by atoms with van der Waals surface area (Å²) in [5.41, 5.74) is 1.24. The van der Waals surface area contributed by atoms with Crippen LogP contribution >= 0.6 is 11.8 Å².